The van der Waals surface area contributed by atoms with Gasteiger partial charge in [-0.1, -0.05) is 0 Å². The van der Waals surface area contributed by atoms with Crippen molar-refractivity contribution in [2.45, 2.75) is 19.5 Å². The summed E-state index contributed by atoms with van der Waals surface area (Å²) in [5.74, 6) is 1.00. The van der Waals surface area contributed by atoms with Crippen LogP contribution in [0, 0.1) is 3.77 Å². The summed E-state index contributed by atoms with van der Waals surface area (Å²) in [6.45, 7) is 3.98. The molecule has 14 heavy (non-hydrogen) atoms. The normalized spacial score (nSPS) is 13.5. The fourth-order valence-electron chi connectivity index (χ4n) is 1.03. The van der Waals surface area contributed by atoms with Gasteiger partial charge in [0.1, 0.15) is 5.76 Å². The summed E-state index contributed by atoms with van der Waals surface area (Å²) in [5, 5.41) is 3.36. The van der Waals surface area contributed by atoms with Gasteiger partial charge in [-0.2, -0.15) is 0 Å². The molecule has 1 heterocycles. The summed E-state index contributed by atoms with van der Waals surface area (Å²) in [6.07, 6.45) is 0. The van der Waals surface area contributed by atoms with Crippen molar-refractivity contribution in [2.24, 2.45) is 0 Å². The third-order valence-corrected chi connectivity index (χ3v) is 2.83. The van der Waals surface area contributed by atoms with Crippen LogP contribution in [0.4, 0.5) is 0 Å². The molecule has 1 atom stereocenters. The number of rotatable bonds is 5. The molecular weight excluding hydrogens is 291 g/mol. The van der Waals surface area contributed by atoms with Gasteiger partial charge in [0.05, 0.1) is 6.54 Å². The number of hydrogen-bond donors (Lipinski definition) is 1. The van der Waals surface area contributed by atoms with Crippen molar-refractivity contribution in [3.8, 4) is 0 Å². The Balaban J connectivity index is 2.22. The monoisotopic (exact) mass is 308 g/mol. The van der Waals surface area contributed by atoms with Crippen LogP contribution in [0.5, 0.6) is 0 Å². The molecule has 0 amide bonds. The maximum atomic E-state index is 5.44. The van der Waals surface area contributed by atoms with Crippen LogP contribution in [0.25, 0.3) is 0 Å². The number of nitrogens with one attached hydrogen (secondary N) is 1. The van der Waals surface area contributed by atoms with Crippen molar-refractivity contribution in [3.63, 3.8) is 0 Å². The lowest BCUT2D eigenvalue weighted by molar-refractivity contribution is 0.299. The number of likely N-dealkylation sites (N-methyl/N-ethyl adjacent to an activating group) is 1. The van der Waals surface area contributed by atoms with E-state index in [9.17, 15) is 0 Å². The highest BCUT2D eigenvalue weighted by atomic mass is 127. The van der Waals surface area contributed by atoms with E-state index in [0.717, 1.165) is 22.6 Å². The third-order valence-electron chi connectivity index (χ3n) is 2.25. The van der Waals surface area contributed by atoms with E-state index in [0.29, 0.717) is 6.04 Å². The molecule has 0 saturated heterocycles. The number of furan rings is 1. The topological polar surface area (TPSA) is 28.4 Å². The molecule has 0 aliphatic heterocycles. The van der Waals surface area contributed by atoms with E-state index in [1.807, 2.05) is 12.1 Å². The first-order chi connectivity index (χ1) is 6.59. The van der Waals surface area contributed by atoms with Crippen LogP contribution < -0.4 is 5.32 Å². The Morgan fingerprint density at radius 2 is 2.21 bits per heavy atom. The van der Waals surface area contributed by atoms with Gasteiger partial charge in [0.2, 0.25) is 0 Å². The van der Waals surface area contributed by atoms with Gasteiger partial charge in [0.15, 0.2) is 3.77 Å². The molecule has 0 radical (unpaired) electrons. The van der Waals surface area contributed by atoms with E-state index >= 15 is 0 Å². The summed E-state index contributed by atoms with van der Waals surface area (Å²) in [5.41, 5.74) is 0. The number of halogens is 1. The van der Waals surface area contributed by atoms with Gasteiger partial charge < -0.3 is 14.6 Å². The smallest absolute Gasteiger partial charge is 0.164 e. The summed E-state index contributed by atoms with van der Waals surface area (Å²) in [6, 6.07) is 4.53. The molecule has 0 spiro atoms. The zero-order valence-corrected chi connectivity index (χ0v) is 11.0. The highest BCUT2D eigenvalue weighted by molar-refractivity contribution is 14.1. The lowest BCUT2D eigenvalue weighted by atomic mass is 10.3. The van der Waals surface area contributed by atoms with Crippen LogP contribution in [0.3, 0.4) is 0 Å². The van der Waals surface area contributed by atoms with Crippen LogP contribution in [-0.4, -0.2) is 31.6 Å². The molecule has 0 saturated carbocycles. The highest BCUT2D eigenvalue weighted by Gasteiger charge is 2.04. The Hall–Kier alpha value is -0.0700. The Morgan fingerprint density at radius 1 is 1.50 bits per heavy atom. The summed E-state index contributed by atoms with van der Waals surface area (Å²) < 4.78 is 6.38. The predicted molar refractivity (Wildman–Crippen MR) is 66.3 cm³/mol. The summed E-state index contributed by atoms with van der Waals surface area (Å²) in [7, 11) is 4.17. The second-order valence-electron chi connectivity index (χ2n) is 3.65. The molecular formula is C10H17IN2O. The van der Waals surface area contributed by atoms with E-state index in [1.54, 1.807) is 0 Å². The summed E-state index contributed by atoms with van der Waals surface area (Å²) >= 11 is 2.17. The minimum Gasteiger partial charge on any atom is -0.454 e. The average Bonchev–Trinajstić information content (AvgIpc) is 2.51. The predicted octanol–water partition coefficient (Wildman–Crippen LogP) is 1.92. The van der Waals surface area contributed by atoms with Crippen molar-refractivity contribution in [2.75, 3.05) is 20.6 Å². The minimum absolute atomic E-state index is 0.545. The van der Waals surface area contributed by atoms with E-state index in [2.05, 4.69) is 53.8 Å². The Bertz CT molecular complexity index is 273. The van der Waals surface area contributed by atoms with Crippen LogP contribution in [0.1, 0.15) is 12.7 Å². The van der Waals surface area contributed by atoms with Crippen LogP contribution >= 0.6 is 22.6 Å². The molecule has 0 aromatic carbocycles. The van der Waals surface area contributed by atoms with Crippen LogP contribution in [0.2, 0.25) is 0 Å². The molecule has 1 rings (SSSR count). The minimum atomic E-state index is 0.545. The molecule has 1 N–H and O–H groups in total. The zero-order valence-electron chi connectivity index (χ0n) is 8.88. The molecule has 0 aliphatic rings. The largest absolute Gasteiger partial charge is 0.454 e. The van der Waals surface area contributed by atoms with Crippen molar-refractivity contribution in [1.29, 1.82) is 0 Å². The fourth-order valence-corrected chi connectivity index (χ4v) is 1.50. The zero-order chi connectivity index (χ0) is 10.6. The molecule has 1 aromatic heterocycles. The first-order valence-corrected chi connectivity index (χ1v) is 5.79. The molecule has 0 bridgehead atoms. The van der Waals surface area contributed by atoms with Crippen molar-refractivity contribution in [3.05, 3.63) is 21.7 Å². The van der Waals surface area contributed by atoms with Gasteiger partial charge in [-0.15, -0.1) is 0 Å². The first kappa shape index (κ1) is 12.0. The van der Waals surface area contributed by atoms with Gasteiger partial charge in [-0.3, -0.25) is 0 Å². The molecule has 0 fully saturated rings. The van der Waals surface area contributed by atoms with Crippen molar-refractivity contribution < 1.29 is 4.42 Å². The van der Waals surface area contributed by atoms with Gasteiger partial charge in [0.25, 0.3) is 0 Å². The van der Waals surface area contributed by atoms with E-state index in [1.165, 1.54) is 0 Å². The van der Waals surface area contributed by atoms with Crippen molar-refractivity contribution in [1.82, 2.24) is 10.2 Å². The Morgan fingerprint density at radius 3 is 2.71 bits per heavy atom. The van der Waals surface area contributed by atoms with Gasteiger partial charge in [0, 0.05) is 12.6 Å². The standard InChI is InChI=1S/C10H17IN2O/c1-8(13(2)3)6-12-7-9-4-5-10(11)14-9/h4-5,8,12H,6-7H2,1-3H3. The second kappa shape index (κ2) is 5.72. The highest BCUT2D eigenvalue weighted by Crippen LogP contribution is 2.09. The SMILES string of the molecule is CC(CNCc1ccc(I)o1)N(C)C. The van der Waals surface area contributed by atoms with E-state index in [-0.39, 0.29) is 0 Å². The fraction of sp³-hybridized carbons (Fsp3) is 0.600. The van der Waals surface area contributed by atoms with Gasteiger partial charge in [-0.05, 0) is 55.7 Å². The van der Waals surface area contributed by atoms with Gasteiger partial charge >= 0.3 is 0 Å². The molecule has 3 nitrogen and oxygen atoms in total. The third kappa shape index (κ3) is 3.98. The molecule has 1 aromatic rings. The van der Waals surface area contributed by atoms with Crippen molar-refractivity contribution >= 4 is 22.6 Å². The molecule has 4 heteroatoms. The molecule has 80 valence electrons. The lowest BCUT2D eigenvalue weighted by Gasteiger charge is -2.19. The molecule has 0 aliphatic carbocycles. The van der Waals surface area contributed by atoms with E-state index < -0.39 is 0 Å². The van der Waals surface area contributed by atoms with Crippen LogP contribution in [-0.2, 0) is 6.54 Å². The Labute approximate surface area is 99.0 Å². The summed E-state index contributed by atoms with van der Waals surface area (Å²) in [4.78, 5) is 2.19. The van der Waals surface area contributed by atoms with Crippen LogP contribution in [0.15, 0.2) is 16.5 Å². The quantitative estimate of drug-likeness (QED) is 0.843. The number of nitrogens with zero attached hydrogens (tertiary/aromatic N) is 1. The lowest BCUT2D eigenvalue weighted by Crippen LogP contribution is -2.35. The Kier molecular flexibility index (Phi) is 4.91. The molecule has 1 unspecified atom stereocenters. The maximum absolute atomic E-state index is 5.44. The van der Waals surface area contributed by atoms with Gasteiger partial charge in [-0.25, -0.2) is 0 Å². The number of hydrogen-bond acceptors (Lipinski definition) is 3. The second-order valence-corrected chi connectivity index (χ2v) is 4.71. The van der Waals surface area contributed by atoms with E-state index in [4.69, 9.17) is 4.42 Å². The first-order valence-electron chi connectivity index (χ1n) is 4.71. The maximum Gasteiger partial charge on any atom is 0.164 e. The average molecular weight is 308 g/mol.